The van der Waals surface area contributed by atoms with Gasteiger partial charge in [-0.05, 0) is 23.8 Å². The van der Waals surface area contributed by atoms with Crippen LogP contribution in [0.3, 0.4) is 0 Å². The predicted molar refractivity (Wildman–Crippen MR) is 92.8 cm³/mol. The maximum absolute atomic E-state index is 12.7. The minimum atomic E-state index is -0.131. The lowest BCUT2D eigenvalue weighted by Gasteiger charge is -1.99. The zero-order valence-electron chi connectivity index (χ0n) is 11.8. The van der Waals surface area contributed by atoms with E-state index in [1.807, 2.05) is 54.6 Å². The minimum Gasteiger partial charge on any atom is -0.267 e. The Morgan fingerprint density at radius 2 is 1.74 bits per heavy atom. The molecule has 0 spiro atoms. The van der Waals surface area contributed by atoms with Crippen molar-refractivity contribution >= 4 is 34.0 Å². The van der Waals surface area contributed by atoms with Crippen LogP contribution in [-0.2, 0) is 0 Å². The molecule has 0 fully saturated rings. The summed E-state index contributed by atoms with van der Waals surface area (Å²) in [5.41, 5.74) is 1.54. The van der Waals surface area contributed by atoms with Crippen LogP contribution in [0.4, 0.5) is 0 Å². The molecule has 0 saturated heterocycles. The number of halogens is 1. The van der Waals surface area contributed by atoms with Crippen LogP contribution in [0.2, 0.25) is 5.02 Å². The van der Waals surface area contributed by atoms with Crippen molar-refractivity contribution in [1.82, 2.24) is 14.6 Å². The minimum absolute atomic E-state index is 0.131. The molecule has 0 amide bonds. The van der Waals surface area contributed by atoms with Gasteiger partial charge in [0.05, 0.1) is 9.55 Å². The fourth-order valence-corrected chi connectivity index (χ4v) is 3.51. The summed E-state index contributed by atoms with van der Waals surface area (Å²) < 4.78 is 2.13. The van der Waals surface area contributed by atoms with E-state index in [1.54, 1.807) is 6.07 Å². The van der Waals surface area contributed by atoms with Crippen molar-refractivity contribution in [3.63, 3.8) is 0 Å². The summed E-state index contributed by atoms with van der Waals surface area (Å²) in [5, 5.41) is 8.78. The van der Waals surface area contributed by atoms with Gasteiger partial charge < -0.3 is 0 Å². The van der Waals surface area contributed by atoms with E-state index in [0.717, 1.165) is 5.56 Å². The van der Waals surface area contributed by atoms with Gasteiger partial charge in [-0.3, -0.25) is 4.79 Å². The smallest absolute Gasteiger partial charge is 0.267 e. The van der Waals surface area contributed by atoms with Crippen molar-refractivity contribution in [2.24, 2.45) is 0 Å². The molecule has 0 N–H and O–H groups in total. The van der Waals surface area contributed by atoms with E-state index in [-0.39, 0.29) is 5.56 Å². The summed E-state index contributed by atoms with van der Waals surface area (Å²) in [4.78, 5) is 13.3. The second-order valence-corrected chi connectivity index (χ2v) is 6.36. The third-order valence-electron chi connectivity index (χ3n) is 3.46. The fraction of sp³-hybridized carbons (Fsp3) is 0. The molecule has 0 saturated carbocycles. The van der Waals surface area contributed by atoms with Gasteiger partial charge in [-0.15, -0.1) is 10.2 Å². The van der Waals surface area contributed by atoms with Crippen molar-refractivity contribution in [1.29, 1.82) is 0 Å². The van der Waals surface area contributed by atoms with Crippen molar-refractivity contribution < 1.29 is 0 Å². The number of hydrogen-bond acceptors (Lipinski definition) is 4. The normalized spacial score (nSPS) is 12.1. The maximum atomic E-state index is 12.7. The molecule has 23 heavy (non-hydrogen) atoms. The van der Waals surface area contributed by atoms with Gasteiger partial charge in [0.15, 0.2) is 5.82 Å². The predicted octanol–water partition coefficient (Wildman–Crippen LogP) is 3.02. The molecular formula is C17H10ClN3OS. The van der Waals surface area contributed by atoms with Gasteiger partial charge in [0.25, 0.3) is 5.56 Å². The molecule has 0 aliphatic heterocycles. The van der Waals surface area contributed by atoms with Gasteiger partial charge in [-0.1, -0.05) is 65.4 Å². The summed E-state index contributed by atoms with van der Waals surface area (Å²) in [7, 11) is 0. The molecule has 4 aromatic rings. The lowest BCUT2D eigenvalue weighted by Crippen LogP contribution is -2.23. The first-order chi connectivity index (χ1) is 11.2. The van der Waals surface area contributed by atoms with Crippen LogP contribution >= 0.6 is 22.9 Å². The molecule has 4 rings (SSSR count). The topological polar surface area (TPSA) is 47.3 Å². The van der Waals surface area contributed by atoms with Gasteiger partial charge in [0, 0.05) is 5.56 Å². The Balaban J connectivity index is 1.96. The maximum Gasteiger partial charge on any atom is 0.276 e. The molecular weight excluding hydrogens is 330 g/mol. The molecule has 0 aliphatic rings. The molecule has 112 valence electrons. The van der Waals surface area contributed by atoms with E-state index < -0.39 is 0 Å². The van der Waals surface area contributed by atoms with Crippen molar-refractivity contribution in [2.75, 3.05) is 0 Å². The fourth-order valence-electron chi connectivity index (χ4n) is 2.38. The molecule has 2 aromatic heterocycles. The first kappa shape index (κ1) is 14.1. The highest BCUT2D eigenvalue weighted by molar-refractivity contribution is 7.15. The molecule has 0 unspecified atom stereocenters. The Labute approximate surface area is 140 Å². The number of thiazole rings is 1. The third-order valence-corrected chi connectivity index (χ3v) is 4.75. The highest BCUT2D eigenvalue weighted by Gasteiger charge is 2.15. The quantitative estimate of drug-likeness (QED) is 0.564. The van der Waals surface area contributed by atoms with Crippen molar-refractivity contribution in [3.05, 3.63) is 80.1 Å². The standard InChI is InChI=1S/C17H10ClN3OS/c18-13-9-5-4-8-12(13)15-19-20-17-21(15)16(22)14(23-17)10-11-6-2-1-3-7-11/h1-10H/b14-10-. The molecule has 4 nitrogen and oxygen atoms in total. The lowest BCUT2D eigenvalue weighted by atomic mass is 10.2. The first-order valence-corrected chi connectivity index (χ1v) is 8.13. The Kier molecular flexibility index (Phi) is 3.44. The highest BCUT2D eigenvalue weighted by atomic mass is 35.5. The monoisotopic (exact) mass is 339 g/mol. The first-order valence-electron chi connectivity index (χ1n) is 6.93. The van der Waals surface area contributed by atoms with E-state index in [9.17, 15) is 4.79 Å². The number of nitrogens with zero attached hydrogens (tertiary/aromatic N) is 3. The van der Waals surface area contributed by atoms with E-state index >= 15 is 0 Å². The van der Waals surface area contributed by atoms with Gasteiger partial charge in [-0.25, -0.2) is 4.40 Å². The number of benzene rings is 2. The average Bonchev–Trinajstić information content (AvgIpc) is 3.10. The van der Waals surface area contributed by atoms with Crippen LogP contribution in [0.1, 0.15) is 5.56 Å². The summed E-state index contributed by atoms with van der Waals surface area (Å²) in [6.45, 7) is 0. The van der Waals surface area contributed by atoms with Gasteiger partial charge in [0.2, 0.25) is 4.96 Å². The summed E-state index contributed by atoms with van der Waals surface area (Å²) >= 11 is 7.54. The highest BCUT2D eigenvalue weighted by Crippen LogP contribution is 2.25. The lowest BCUT2D eigenvalue weighted by molar-refractivity contribution is 1.09. The molecule has 6 heteroatoms. The van der Waals surface area contributed by atoms with E-state index in [2.05, 4.69) is 10.2 Å². The zero-order chi connectivity index (χ0) is 15.8. The number of rotatable bonds is 2. The van der Waals surface area contributed by atoms with E-state index in [0.29, 0.717) is 25.9 Å². The van der Waals surface area contributed by atoms with Gasteiger partial charge in [0.1, 0.15) is 0 Å². The Hall–Kier alpha value is -2.50. The number of hydrogen-bond donors (Lipinski definition) is 0. The summed E-state index contributed by atoms with van der Waals surface area (Å²) in [5.74, 6) is 0.472. The van der Waals surface area contributed by atoms with Crippen LogP contribution in [0.15, 0.2) is 59.4 Å². The largest absolute Gasteiger partial charge is 0.276 e. The molecule has 0 aliphatic carbocycles. The Morgan fingerprint density at radius 1 is 1.00 bits per heavy atom. The third kappa shape index (κ3) is 2.44. The second-order valence-electron chi connectivity index (χ2n) is 4.95. The zero-order valence-corrected chi connectivity index (χ0v) is 13.4. The molecule has 2 aromatic carbocycles. The van der Waals surface area contributed by atoms with Crippen LogP contribution in [0, 0.1) is 0 Å². The second kappa shape index (κ2) is 5.61. The summed E-state index contributed by atoms with van der Waals surface area (Å²) in [6.07, 6.45) is 1.86. The van der Waals surface area contributed by atoms with Crippen molar-refractivity contribution in [3.8, 4) is 11.4 Å². The number of aromatic nitrogens is 3. The van der Waals surface area contributed by atoms with E-state index in [1.165, 1.54) is 15.7 Å². The van der Waals surface area contributed by atoms with Gasteiger partial charge in [-0.2, -0.15) is 0 Å². The Morgan fingerprint density at radius 3 is 2.52 bits per heavy atom. The molecule has 2 heterocycles. The van der Waals surface area contributed by atoms with Crippen LogP contribution in [-0.4, -0.2) is 14.6 Å². The molecule has 0 radical (unpaired) electrons. The van der Waals surface area contributed by atoms with Crippen LogP contribution < -0.4 is 10.1 Å². The van der Waals surface area contributed by atoms with E-state index in [4.69, 9.17) is 11.6 Å². The Bertz CT molecular complexity index is 1100. The molecule has 0 bridgehead atoms. The van der Waals surface area contributed by atoms with Crippen LogP contribution in [0.5, 0.6) is 0 Å². The van der Waals surface area contributed by atoms with Crippen LogP contribution in [0.25, 0.3) is 22.4 Å². The average molecular weight is 340 g/mol. The van der Waals surface area contributed by atoms with Gasteiger partial charge >= 0.3 is 0 Å². The van der Waals surface area contributed by atoms with Crippen molar-refractivity contribution in [2.45, 2.75) is 0 Å². The summed E-state index contributed by atoms with van der Waals surface area (Å²) in [6, 6.07) is 17.0. The molecule has 0 atom stereocenters. The SMILES string of the molecule is O=c1/c(=C/c2ccccc2)sc2nnc(-c3ccccc3Cl)n12. The number of fused-ring (bicyclic) bond motifs is 1.